The molecule has 1 aromatic carbocycles. The van der Waals surface area contributed by atoms with Crippen molar-refractivity contribution in [2.45, 2.75) is 32.8 Å². The second-order valence-corrected chi connectivity index (χ2v) is 5.29. The molecule has 3 heteroatoms. The lowest BCUT2D eigenvalue weighted by Crippen LogP contribution is -2.34. The number of hydrogen-bond acceptors (Lipinski definition) is 2. The molecule has 1 heterocycles. The van der Waals surface area contributed by atoms with Gasteiger partial charge in [0, 0.05) is 18.7 Å². The minimum atomic E-state index is -0.729. The summed E-state index contributed by atoms with van der Waals surface area (Å²) < 4.78 is 0. The Kier molecular flexibility index (Phi) is 2.96. The summed E-state index contributed by atoms with van der Waals surface area (Å²) in [4.78, 5) is 14.1. The van der Waals surface area contributed by atoms with E-state index in [1.165, 1.54) is 0 Å². The van der Waals surface area contributed by atoms with Gasteiger partial charge in [0.25, 0.3) is 5.91 Å². The maximum absolute atomic E-state index is 12.3. The molecule has 1 fully saturated rings. The van der Waals surface area contributed by atoms with Crippen molar-refractivity contribution in [3.05, 3.63) is 34.9 Å². The molecule has 3 nitrogen and oxygen atoms in total. The molecule has 0 aromatic heterocycles. The summed E-state index contributed by atoms with van der Waals surface area (Å²) in [6.45, 7) is 6.78. The molecule has 1 aliphatic rings. The van der Waals surface area contributed by atoms with Crippen molar-refractivity contribution in [1.82, 2.24) is 4.90 Å². The maximum atomic E-state index is 12.3. The molecule has 1 amide bonds. The van der Waals surface area contributed by atoms with E-state index in [1.54, 1.807) is 11.8 Å². The van der Waals surface area contributed by atoms with Gasteiger partial charge in [0.05, 0.1) is 5.60 Å². The third-order valence-electron chi connectivity index (χ3n) is 3.36. The SMILES string of the molecule is Cc1ccc(C)c(C(=O)N2CCC(C)(O)C2)c1. The number of carbonyl (C=O) groups excluding carboxylic acids is 1. The molecule has 92 valence electrons. The van der Waals surface area contributed by atoms with Crippen LogP contribution in [0, 0.1) is 13.8 Å². The summed E-state index contributed by atoms with van der Waals surface area (Å²) in [6.07, 6.45) is 0.656. The van der Waals surface area contributed by atoms with Crippen LogP contribution in [0.5, 0.6) is 0 Å². The van der Waals surface area contributed by atoms with Crippen molar-refractivity contribution in [2.24, 2.45) is 0 Å². The zero-order chi connectivity index (χ0) is 12.6. The highest BCUT2D eigenvalue weighted by Gasteiger charge is 2.34. The van der Waals surface area contributed by atoms with Crippen molar-refractivity contribution in [2.75, 3.05) is 13.1 Å². The molecule has 1 atom stereocenters. The molecule has 1 aliphatic heterocycles. The zero-order valence-electron chi connectivity index (χ0n) is 10.7. The van der Waals surface area contributed by atoms with E-state index in [0.717, 1.165) is 16.7 Å². The Morgan fingerprint density at radius 1 is 1.41 bits per heavy atom. The van der Waals surface area contributed by atoms with Crippen LogP contribution in [0.4, 0.5) is 0 Å². The molecule has 0 radical (unpaired) electrons. The van der Waals surface area contributed by atoms with Crippen LogP contribution < -0.4 is 0 Å². The Labute approximate surface area is 102 Å². The van der Waals surface area contributed by atoms with Gasteiger partial charge in [0.2, 0.25) is 0 Å². The smallest absolute Gasteiger partial charge is 0.254 e. The number of benzene rings is 1. The van der Waals surface area contributed by atoms with E-state index in [2.05, 4.69) is 0 Å². The Bertz CT molecular complexity index is 452. The predicted octanol–water partition coefficient (Wildman–Crippen LogP) is 1.90. The van der Waals surface area contributed by atoms with Crippen LogP contribution in [0.1, 0.15) is 34.8 Å². The summed E-state index contributed by atoms with van der Waals surface area (Å²) in [5, 5.41) is 9.89. The van der Waals surface area contributed by atoms with Crippen molar-refractivity contribution in [1.29, 1.82) is 0 Å². The minimum absolute atomic E-state index is 0.0315. The number of likely N-dealkylation sites (tertiary alicyclic amines) is 1. The summed E-state index contributed by atoms with van der Waals surface area (Å²) in [5.41, 5.74) is 2.10. The van der Waals surface area contributed by atoms with Gasteiger partial charge in [-0.15, -0.1) is 0 Å². The third kappa shape index (κ3) is 2.50. The van der Waals surface area contributed by atoms with Gasteiger partial charge in [-0.25, -0.2) is 0 Å². The number of β-amino-alcohol motifs (C(OH)–C–C–N with tert-alkyl or cyclic N) is 1. The number of nitrogens with zero attached hydrogens (tertiary/aromatic N) is 1. The van der Waals surface area contributed by atoms with Crippen molar-refractivity contribution in [3.63, 3.8) is 0 Å². The fourth-order valence-corrected chi connectivity index (χ4v) is 2.26. The van der Waals surface area contributed by atoms with Crippen LogP contribution in [0.25, 0.3) is 0 Å². The Morgan fingerprint density at radius 3 is 2.71 bits per heavy atom. The molecule has 0 saturated carbocycles. The second-order valence-electron chi connectivity index (χ2n) is 5.29. The van der Waals surface area contributed by atoms with E-state index in [1.807, 2.05) is 32.0 Å². The molecule has 0 spiro atoms. The summed E-state index contributed by atoms with van der Waals surface area (Å²) >= 11 is 0. The average Bonchev–Trinajstić information content (AvgIpc) is 2.61. The molecule has 0 bridgehead atoms. The van der Waals surface area contributed by atoms with Crippen molar-refractivity contribution in [3.8, 4) is 0 Å². The Morgan fingerprint density at radius 2 is 2.12 bits per heavy atom. The van der Waals surface area contributed by atoms with Gasteiger partial charge in [-0.3, -0.25) is 4.79 Å². The Balaban J connectivity index is 2.23. The van der Waals surface area contributed by atoms with Crippen LogP contribution >= 0.6 is 0 Å². The number of hydrogen-bond donors (Lipinski definition) is 1. The highest BCUT2D eigenvalue weighted by atomic mass is 16.3. The second kappa shape index (κ2) is 4.15. The first kappa shape index (κ1) is 12.1. The van der Waals surface area contributed by atoms with E-state index in [4.69, 9.17) is 0 Å². The maximum Gasteiger partial charge on any atom is 0.254 e. The number of amides is 1. The van der Waals surface area contributed by atoms with Crippen molar-refractivity contribution >= 4 is 5.91 Å². The minimum Gasteiger partial charge on any atom is -0.388 e. The molecule has 1 saturated heterocycles. The molecular formula is C14H19NO2. The van der Waals surface area contributed by atoms with Gasteiger partial charge in [-0.05, 0) is 38.8 Å². The lowest BCUT2D eigenvalue weighted by molar-refractivity contribution is 0.0571. The standard InChI is InChI=1S/C14H19NO2/c1-10-4-5-11(2)12(8-10)13(16)15-7-6-14(3,17)9-15/h4-5,8,17H,6-7,9H2,1-3H3. The molecule has 1 aromatic rings. The van der Waals surface area contributed by atoms with Crippen LogP contribution in [-0.2, 0) is 0 Å². The Hall–Kier alpha value is -1.35. The van der Waals surface area contributed by atoms with Gasteiger partial charge in [0.1, 0.15) is 0 Å². The highest BCUT2D eigenvalue weighted by molar-refractivity contribution is 5.96. The molecule has 0 aliphatic carbocycles. The molecule has 2 rings (SSSR count). The summed E-state index contributed by atoms with van der Waals surface area (Å²) in [7, 11) is 0. The predicted molar refractivity (Wildman–Crippen MR) is 67.1 cm³/mol. The van der Waals surface area contributed by atoms with E-state index >= 15 is 0 Å². The molecule has 17 heavy (non-hydrogen) atoms. The number of rotatable bonds is 1. The quantitative estimate of drug-likeness (QED) is 0.804. The molecule has 1 N–H and O–H groups in total. The topological polar surface area (TPSA) is 40.5 Å². The first-order chi connectivity index (χ1) is 7.89. The van der Waals surface area contributed by atoms with Crippen molar-refractivity contribution < 1.29 is 9.90 Å². The first-order valence-electron chi connectivity index (χ1n) is 5.98. The van der Waals surface area contributed by atoms with Gasteiger partial charge in [-0.2, -0.15) is 0 Å². The average molecular weight is 233 g/mol. The van der Waals surface area contributed by atoms with Crippen LogP contribution in [-0.4, -0.2) is 34.6 Å². The summed E-state index contributed by atoms with van der Waals surface area (Å²) in [6, 6.07) is 5.90. The lowest BCUT2D eigenvalue weighted by atomic mass is 10.0. The monoisotopic (exact) mass is 233 g/mol. The van der Waals surface area contributed by atoms with E-state index in [-0.39, 0.29) is 5.91 Å². The molecule has 1 unspecified atom stereocenters. The van der Waals surface area contributed by atoms with E-state index in [0.29, 0.717) is 19.5 Å². The number of carbonyl (C=O) groups is 1. The van der Waals surface area contributed by atoms with Gasteiger partial charge in [-0.1, -0.05) is 17.7 Å². The fraction of sp³-hybridized carbons (Fsp3) is 0.500. The fourth-order valence-electron chi connectivity index (χ4n) is 2.26. The highest BCUT2D eigenvalue weighted by Crippen LogP contribution is 2.23. The van der Waals surface area contributed by atoms with Crippen LogP contribution in [0.3, 0.4) is 0 Å². The largest absolute Gasteiger partial charge is 0.388 e. The zero-order valence-corrected chi connectivity index (χ0v) is 10.7. The number of aliphatic hydroxyl groups is 1. The van der Waals surface area contributed by atoms with Gasteiger partial charge < -0.3 is 10.0 Å². The molecular weight excluding hydrogens is 214 g/mol. The van der Waals surface area contributed by atoms with E-state index in [9.17, 15) is 9.90 Å². The van der Waals surface area contributed by atoms with Gasteiger partial charge >= 0.3 is 0 Å². The summed E-state index contributed by atoms with van der Waals surface area (Å²) in [5.74, 6) is 0.0315. The third-order valence-corrected chi connectivity index (χ3v) is 3.36. The van der Waals surface area contributed by atoms with Crippen LogP contribution in [0.2, 0.25) is 0 Å². The normalized spacial score (nSPS) is 24.1. The van der Waals surface area contributed by atoms with Crippen LogP contribution in [0.15, 0.2) is 18.2 Å². The number of aryl methyl sites for hydroxylation is 2. The first-order valence-corrected chi connectivity index (χ1v) is 5.98. The van der Waals surface area contributed by atoms with Gasteiger partial charge in [0.15, 0.2) is 0 Å². The van der Waals surface area contributed by atoms with E-state index < -0.39 is 5.60 Å². The lowest BCUT2D eigenvalue weighted by Gasteiger charge is -2.20.